The third-order valence-corrected chi connectivity index (χ3v) is 1.03. The second-order valence-electron chi connectivity index (χ2n) is 1.92. The topological polar surface area (TPSA) is 74.6 Å². The fraction of sp³-hybridized carbons (Fsp3) is 0.600. The fourth-order valence-corrected chi connectivity index (χ4v) is 0.421. The zero-order chi connectivity index (χ0) is 9.89. The van der Waals surface area contributed by atoms with Crippen LogP contribution in [-0.2, 0) is 9.59 Å². The summed E-state index contributed by atoms with van der Waals surface area (Å²) in [7, 11) is 0. The van der Waals surface area contributed by atoms with Crippen molar-refractivity contribution in [1.29, 1.82) is 0 Å². The van der Waals surface area contributed by atoms with Crippen LogP contribution in [0.25, 0.3) is 0 Å². The molecular formula is C5H5F3O4. The zero-order valence-electron chi connectivity index (χ0n) is 5.58. The highest BCUT2D eigenvalue weighted by Crippen LogP contribution is 2.12. The first-order valence-electron chi connectivity index (χ1n) is 2.75. The summed E-state index contributed by atoms with van der Waals surface area (Å²) in [5, 5.41) is 15.6. The molecule has 0 aromatic heterocycles. The van der Waals surface area contributed by atoms with Gasteiger partial charge < -0.3 is 10.2 Å². The molecule has 0 aliphatic rings. The quantitative estimate of drug-likeness (QED) is 0.656. The van der Waals surface area contributed by atoms with Crippen LogP contribution in [0.1, 0.15) is 0 Å². The molecule has 0 aliphatic heterocycles. The molecule has 0 fully saturated rings. The summed E-state index contributed by atoms with van der Waals surface area (Å²) in [4.78, 5) is 19.4. The SMILES string of the molecule is O=C(O)C(F)C(F)C(F)C(=O)O. The first-order chi connectivity index (χ1) is 5.37. The fourth-order valence-electron chi connectivity index (χ4n) is 0.421. The molecule has 4 nitrogen and oxygen atoms in total. The number of carbonyl (C=O) groups is 2. The van der Waals surface area contributed by atoms with Gasteiger partial charge in [0.25, 0.3) is 0 Å². The molecular weight excluding hydrogens is 181 g/mol. The van der Waals surface area contributed by atoms with Crippen LogP contribution in [-0.4, -0.2) is 40.7 Å². The Bertz CT molecular complexity index is 175. The molecule has 2 unspecified atom stereocenters. The Balaban J connectivity index is 4.28. The van der Waals surface area contributed by atoms with Crippen LogP contribution in [0.5, 0.6) is 0 Å². The lowest BCUT2D eigenvalue weighted by Gasteiger charge is -2.10. The van der Waals surface area contributed by atoms with Crippen molar-refractivity contribution in [3.8, 4) is 0 Å². The highest BCUT2D eigenvalue weighted by atomic mass is 19.2. The Hall–Kier alpha value is -1.27. The average Bonchev–Trinajstić information content (AvgIpc) is 2.00. The minimum Gasteiger partial charge on any atom is -0.479 e. The maximum absolute atomic E-state index is 12.2. The van der Waals surface area contributed by atoms with Crippen LogP contribution in [0, 0.1) is 0 Å². The second kappa shape index (κ2) is 3.93. The summed E-state index contributed by atoms with van der Waals surface area (Å²) in [6, 6.07) is 0. The molecule has 0 aromatic rings. The molecule has 12 heavy (non-hydrogen) atoms. The van der Waals surface area contributed by atoms with Gasteiger partial charge in [-0.2, -0.15) is 0 Å². The summed E-state index contributed by atoms with van der Waals surface area (Å²) in [6.07, 6.45) is -9.49. The van der Waals surface area contributed by atoms with E-state index in [1.807, 2.05) is 0 Å². The Morgan fingerprint density at radius 1 is 0.917 bits per heavy atom. The van der Waals surface area contributed by atoms with E-state index in [1.165, 1.54) is 0 Å². The molecule has 0 saturated carbocycles. The Kier molecular flexibility index (Phi) is 3.52. The van der Waals surface area contributed by atoms with E-state index in [-0.39, 0.29) is 0 Å². The van der Waals surface area contributed by atoms with Crippen molar-refractivity contribution in [2.24, 2.45) is 0 Å². The molecule has 2 N–H and O–H groups in total. The van der Waals surface area contributed by atoms with E-state index >= 15 is 0 Å². The van der Waals surface area contributed by atoms with Crippen molar-refractivity contribution in [2.75, 3.05) is 0 Å². The van der Waals surface area contributed by atoms with Crippen LogP contribution >= 0.6 is 0 Å². The van der Waals surface area contributed by atoms with Gasteiger partial charge in [0.2, 0.25) is 12.3 Å². The summed E-state index contributed by atoms with van der Waals surface area (Å²) < 4.78 is 36.3. The van der Waals surface area contributed by atoms with Gasteiger partial charge in [0.05, 0.1) is 0 Å². The van der Waals surface area contributed by atoms with Crippen molar-refractivity contribution < 1.29 is 33.0 Å². The van der Waals surface area contributed by atoms with E-state index in [9.17, 15) is 22.8 Å². The number of hydrogen-bond acceptors (Lipinski definition) is 2. The standard InChI is InChI=1S/C5H5F3O4/c6-1(2(7)4(9)10)3(8)5(11)12/h1-3H,(H,9,10)(H,11,12). The van der Waals surface area contributed by atoms with Gasteiger partial charge >= 0.3 is 11.9 Å². The number of alkyl halides is 3. The molecule has 0 bridgehead atoms. The van der Waals surface area contributed by atoms with Gasteiger partial charge in [-0.1, -0.05) is 0 Å². The van der Waals surface area contributed by atoms with Gasteiger partial charge in [-0.15, -0.1) is 0 Å². The molecule has 2 atom stereocenters. The van der Waals surface area contributed by atoms with E-state index in [2.05, 4.69) is 0 Å². The predicted octanol–water partition coefficient (Wildman–Crippen LogP) is 0.170. The zero-order valence-corrected chi connectivity index (χ0v) is 5.58. The molecule has 0 aliphatic carbocycles. The number of halogens is 3. The number of rotatable bonds is 4. The van der Waals surface area contributed by atoms with Gasteiger partial charge in [-0.05, 0) is 0 Å². The Morgan fingerprint density at radius 3 is 1.33 bits per heavy atom. The lowest BCUT2D eigenvalue weighted by Crippen LogP contribution is -2.38. The number of carboxylic acids is 2. The number of aliphatic carboxylic acids is 2. The van der Waals surface area contributed by atoms with Crippen molar-refractivity contribution in [3.05, 3.63) is 0 Å². The van der Waals surface area contributed by atoms with Gasteiger partial charge in [0.1, 0.15) is 0 Å². The average molecular weight is 186 g/mol. The van der Waals surface area contributed by atoms with Crippen molar-refractivity contribution in [2.45, 2.75) is 18.5 Å². The molecule has 0 heterocycles. The minimum absolute atomic E-state index is 2.23. The van der Waals surface area contributed by atoms with Crippen LogP contribution in [0.2, 0.25) is 0 Å². The van der Waals surface area contributed by atoms with E-state index in [1.54, 1.807) is 0 Å². The van der Waals surface area contributed by atoms with Crippen LogP contribution in [0.4, 0.5) is 13.2 Å². The third-order valence-electron chi connectivity index (χ3n) is 1.03. The van der Waals surface area contributed by atoms with Gasteiger partial charge in [-0.25, -0.2) is 22.8 Å². The van der Waals surface area contributed by atoms with Crippen LogP contribution in [0.15, 0.2) is 0 Å². The highest BCUT2D eigenvalue weighted by Gasteiger charge is 2.39. The number of hydrogen-bond donors (Lipinski definition) is 2. The predicted molar refractivity (Wildman–Crippen MR) is 30.0 cm³/mol. The molecule has 0 rings (SSSR count). The lowest BCUT2D eigenvalue weighted by atomic mass is 10.1. The summed E-state index contributed by atoms with van der Waals surface area (Å²) in [5.74, 6) is -4.46. The van der Waals surface area contributed by atoms with Crippen LogP contribution in [0.3, 0.4) is 0 Å². The van der Waals surface area contributed by atoms with E-state index in [4.69, 9.17) is 10.2 Å². The molecule has 0 spiro atoms. The summed E-state index contributed by atoms with van der Waals surface area (Å²) in [5.41, 5.74) is 0. The molecule has 7 heteroatoms. The smallest absolute Gasteiger partial charge is 0.341 e. The monoisotopic (exact) mass is 186 g/mol. The molecule has 0 radical (unpaired) electrons. The van der Waals surface area contributed by atoms with Gasteiger partial charge in [0, 0.05) is 0 Å². The Labute approximate surface area is 64.6 Å². The number of carboxylic acid groups (broad SMARTS) is 2. The van der Waals surface area contributed by atoms with E-state index in [0.29, 0.717) is 0 Å². The molecule has 0 aromatic carbocycles. The summed E-state index contributed by atoms with van der Waals surface area (Å²) >= 11 is 0. The third kappa shape index (κ3) is 2.40. The van der Waals surface area contributed by atoms with Gasteiger partial charge in [-0.3, -0.25) is 0 Å². The maximum Gasteiger partial charge on any atom is 0.341 e. The largest absolute Gasteiger partial charge is 0.479 e. The van der Waals surface area contributed by atoms with Crippen molar-refractivity contribution in [3.63, 3.8) is 0 Å². The second-order valence-corrected chi connectivity index (χ2v) is 1.92. The Morgan fingerprint density at radius 2 is 1.17 bits per heavy atom. The van der Waals surface area contributed by atoms with E-state index in [0.717, 1.165) is 0 Å². The van der Waals surface area contributed by atoms with Crippen molar-refractivity contribution >= 4 is 11.9 Å². The van der Waals surface area contributed by atoms with Crippen molar-refractivity contribution in [1.82, 2.24) is 0 Å². The first kappa shape index (κ1) is 10.7. The molecule has 70 valence electrons. The van der Waals surface area contributed by atoms with Crippen LogP contribution < -0.4 is 0 Å². The van der Waals surface area contributed by atoms with E-state index < -0.39 is 30.5 Å². The lowest BCUT2D eigenvalue weighted by molar-refractivity contribution is -0.152. The molecule has 0 saturated heterocycles. The minimum atomic E-state index is -3.18. The molecule has 0 amide bonds. The van der Waals surface area contributed by atoms with Gasteiger partial charge in [0.15, 0.2) is 6.17 Å². The summed E-state index contributed by atoms with van der Waals surface area (Å²) in [6.45, 7) is 0. The maximum atomic E-state index is 12.2. The first-order valence-corrected chi connectivity index (χ1v) is 2.75. The highest BCUT2D eigenvalue weighted by molar-refractivity contribution is 5.77. The normalized spacial score (nSPS) is 17.9.